The van der Waals surface area contributed by atoms with Crippen molar-refractivity contribution in [3.8, 4) is 0 Å². The summed E-state index contributed by atoms with van der Waals surface area (Å²) >= 11 is 0. The third-order valence-electron chi connectivity index (χ3n) is 2.23. The summed E-state index contributed by atoms with van der Waals surface area (Å²) < 4.78 is 0. The Kier molecular flexibility index (Phi) is 3.67. The van der Waals surface area contributed by atoms with Crippen LogP contribution in [0.2, 0.25) is 0 Å². The monoisotopic (exact) mass is 222 g/mol. The average Bonchev–Trinajstić information content (AvgIpc) is 2.14. The Morgan fingerprint density at radius 1 is 1.50 bits per heavy atom. The Labute approximate surface area is 95.5 Å². The van der Waals surface area contributed by atoms with E-state index < -0.39 is 11.6 Å². The maximum atomic E-state index is 10.9. The molecular weight excluding hydrogens is 204 g/mol. The molecule has 1 rings (SSSR count). The summed E-state index contributed by atoms with van der Waals surface area (Å²) in [4.78, 5) is 10.9. The molecule has 0 aliphatic rings. The number of amides is 1. The molecule has 0 fully saturated rings. The second kappa shape index (κ2) is 4.63. The smallest absolute Gasteiger partial charge is 0.221 e. The summed E-state index contributed by atoms with van der Waals surface area (Å²) in [5.74, 6) is -0.140. The fourth-order valence-corrected chi connectivity index (χ4v) is 1.42. The lowest BCUT2D eigenvalue weighted by molar-refractivity contribution is -0.114. The van der Waals surface area contributed by atoms with Gasteiger partial charge in [0.05, 0.1) is 6.10 Å². The van der Waals surface area contributed by atoms with Gasteiger partial charge < -0.3 is 16.2 Å². The maximum Gasteiger partial charge on any atom is 0.221 e. The van der Waals surface area contributed by atoms with Crippen LogP contribution in [0.5, 0.6) is 0 Å². The fourth-order valence-electron chi connectivity index (χ4n) is 1.42. The molecule has 4 heteroatoms. The lowest BCUT2D eigenvalue weighted by Gasteiger charge is -2.26. The number of nitrogens with one attached hydrogen (secondary N) is 1. The number of anilines is 1. The number of hydrogen-bond donors (Lipinski definition) is 3. The largest absolute Gasteiger partial charge is 0.387 e. The first kappa shape index (κ1) is 12.7. The van der Waals surface area contributed by atoms with Crippen LogP contribution in [-0.4, -0.2) is 16.6 Å². The molecule has 0 radical (unpaired) electrons. The summed E-state index contributed by atoms with van der Waals surface area (Å²) in [5.41, 5.74) is 6.47. The predicted octanol–water partition coefficient (Wildman–Crippen LogP) is 1.42. The van der Waals surface area contributed by atoms with Crippen LogP contribution >= 0.6 is 0 Å². The quantitative estimate of drug-likeness (QED) is 0.724. The van der Waals surface area contributed by atoms with E-state index in [1.807, 2.05) is 0 Å². The van der Waals surface area contributed by atoms with Crippen LogP contribution in [0.15, 0.2) is 24.3 Å². The molecule has 88 valence electrons. The van der Waals surface area contributed by atoms with Crippen molar-refractivity contribution >= 4 is 11.6 Å². The Morgan fingerprint density at radius 2 is 2.12 bits per heavy atom. The van der Waals surface area contributed by atoms with E-state index in [1.165, 1.54) is 6.92 Å². The maximum absolute atomic E-state index is 10.9. The van der Waals surface area contributed by atoms with Crippen LogP contribution in [0.25, 0.3) is 0 Å². The average molecular weight is 222 g/mol. The summed E-state index contributed by atoms with van der Waals surface area (Å²) in [6, 6.07) is 7.04. The van der Waals surface area contributed by atoms with E-state index in [2.05, 4.69) is 5.32 Å². The van der Waals surface area contributed by atoms with Crippen LogP contribution in [-0.2, 0) is 4.79 Å². The minimum absolute atomic E-state index is 0.140. The fraction of sp³-hybridized carbons (Fsp3) is 0.417. The van der Waals surface area contributed by atoms with Crippen molar-refractivity contribution in [2.75, 3.05) is 5.32 Å². The van der Waals surface area contributed by atoms with Crippen molar-refractivity contribution in [2.45, 2.75) is 32.4 Å². The van der Waals surface area contributed by atoms with Gasteiger partial charge >= 0.3 is 0 Å². The van der Waals surface area contributed by atoms with E-state index >= 15 is 0 Å². The molecule has 1 atom stereocenters. The Hall–Kier alpha value is -1.39. The van der Waals surface area contributed by atoms with Gasteiger partial charge in [0.25, 0.3) is 0 Å². The van der Waals surface area contributed by atoms with E-state index in [4.69, 9.17) is 5.73 Å². The minimum atomic E-state index is -0.763. The predicted molar refractivity (Wildman–Crippen MR) is 64.0 cm³/mol. The number of rotatable bonds is 3. The third kappa shape index (κ3) is 3.32. The Bertz CT molecular complexity index is 383. The van der Waals surface area contributed by atoms with Gasteiger partial charge in [-0.3, -0.25) is 4.79 Å². The lowest BCUT2D eigenvalue weighted by atomic mass is 9.92. The molecule has 4 N–H and O–H groups in total. The second-order valence-corrected chi connectivity index (χ2v) is 4.53. The molecule has 1 unspecified atom stereocenters. The molecule has 0 saturated carbocycles. The topological polar surface area (TPSA) is 75.3 Å². The molecule has 0 aromatic heterocycles. The standard InChI is InChI=1S/C12H18N2O2/c1-8(15)14-10-6-4-5-9(7-10)11(16)12(2,3)13/h4-7,11,16H,13H2,1-3H3,(H,14,15). The molecule has 0 bridgehead atoms. The molecule has 1 aromatic carbocycles. The zero-order valence-corrected chi connectivity index (χ0v) is 9.82. The van der Waals surface area contributed by atoms with Gasteiger partial charge in [0.1, 0.15) is 0 Å². The molecule has 0 aliphatic heterocycles. The number of benzene rings is 1. The highest BCUT2D eigenvalue weighted by Crippen LogP contribution is 2.25. The first-order valence-corrected chi connectivity index (χ1v) is 5.15. The second-order valence-electron chi connectivity index (χ2n) is 4.53. The molecule has 0 spiro atoms. The molecule has 1 aromatic rings. The summed E-state index contributed by atoms with van der Waals surface area (Å²) in [6.07, 6.45) is -0.763. The zero-order valence-electron chi connectivity index (χ0n) is 9.82. The number of carbonyl (C=O) groups is 1. The Balaban J connectivity index is 2.94. The van der Waals surface area contributed by atoms with Crippen LogP contribution in [0.1, 0.15) is 32.4 Å². The van der Waals surface area contributed by atoms with Crippen LogP contribution in [0.3, 0.4) is 0 Å². The molecule has 0 saturated heterocycles. The summed E-state index contributed by atoms with van der Waals surface area (Å²) in [6.45, 7) is 4.95. The van der Waals surface area contributed by atoms with E-state index in [0.29, 0.717) is 11.3 Å². The number of aliphatic hydroxyl groups excluding tert-OH is 1. The van der Waals surface area contributed by atoms with Crippen LogP contribution in [0.4, 0.5) is 5.69 Å². The number of hydrogen-bond acceptors (Lipinski definition) is 3. The van der Waals surface area contributed by atoms with Crippen LogP contribution < -0.4 is 11.1 Å². The van der Waals surface area contributed by atoms with Gasteiger partial charge in [-0.15, -0.1) is 0 Å². The van der Waals surface area contributed by atoms with Gasteiger partial charge in [0, 0.05) is 18.2 Å². The minimum Gasteiger partial charge on any atom is -0.387 e. The number of aliphatic hydroxyl groups is 1. The molecule has 1 amide bonds. The molecular formula is C12H18N2O2. The number of nitrogens with two attached hydrogens (primary N) is 1. The molecule has 0 heterocycles. The molecule has 4 nitrogen and oxygen atoms in total. The van der Waals surface area contributed by atoms with Gasteiger partial charge in [-0.1, -0.05) is 12.1 Å². The van der Waals surface area contributed by atoms with E-state index in [-0.39, 0.29) is 5.91 Å². The van der Waals surface area contributed by atoms with Gasteiger partial charge in [-0.25, -0.2) is 0 Å². The van der Waals surface area contributed by atoms with Gasteiger partial charge in [0.2, 0.25) is 5.91 Å². The first-order chi connectivity index (χ1) is 7.30. The van der Waals surface area contributed by atoms with Gasteiger partial charge in [-0.2, -0.15) is 0 Å². The SMILES string of the molecule is CC(=O)Nc1cccc(C(O)C(C)(C)N)c1. The molecule has 16 heavy (non-hydrogen) atoms. The zero-order chi connectivity index (χ0) is 12.3. The van der Waals surface area contributed by atoms with Crippen molar-refractivity contribution in [3.63, 3.8) is 0 Å². The van der Waals surface area contributed by atoms with Crippen molar-refractivity contribution in [3.05, 3.63) is 29.8 Å². The van der Waals surface area contributed by atoms with Crippen molar-refractivity contribution in [1.82, 2.24) is 0 Å². The summed E-state index contributed by atoms with van der Waals surface area (Å²) in [5, 5.41) is 12.6. The van der Waals surface area contributed by atoms with E-state index in [0.717, 1.165) is 0 Å². The van der Waals surface area contributed by atoms with E-state index in [9.17, 15) is 9.90 Å². The third-order valence-corrected chi connectivity index (χ3v) is 2.23. The van der Waals surface area contributed by atoms with Gasteiger partial charge in [0.15, 0.2) is 0 Å². The highest BCUT2D eigenvalue weighted by molar-refractivity contribution is 5.88. The van der Waals surface area contributed by atoms with Crippen molar-refractivity contribution in [2.24, 2.45) is 5.73 Å². The van der Waals surface area contributed by atoms with Gasteiger partial charge in [-0.05, 0) is 31.5 Å². The lowest BCUT2D eigenvalue weighted by Crippen LogP contribution is -2.39. The normalized spacial score (nSPS) is 13.3. The molecule has 0 aliphatic carbocycles. The summed E-state index contributed by atoms with van der Waals surface area (Å²) in [7, 11) is 0. The van der Waals surface area contributed by atoms with Crippen LogP contribution in [0, 0.1) is 0 Å². The first-order valence-electron chi connectivity index (χ1n) is 5.15. The van der Waals surface area contributed by atoms with Crippen molar-refractivity contribution < 1.29 is 9.90 Å². The number of carbonyl (C=O) groups excluding carboxylic acids is 1. The Morgan fingerprint density at radius 3 is 2.62 bits per heavy atom. The highest BCUT2D eigenvalue weighted by atomic mass is 16.3. The van der Waals surface area contributed by atoms with Crippen molar-refractivity contribution in [1.29, 1.82) is 0 Å². The van der Waals surface area contributed by atoms with E-state index in [1.54, 1.807) is 38.1 Å². The highest BCUT2D eigenvalue weighted by Gasteiger charge is 2.24.